The molecule has 0 N–H and O–H groups in total. The highest BCUT2D eigenvalue weighted by molar-refractivity contribution is 5.94. The maximum atomic E-state index is 5.22. The molecule has 13 rings (SSSR count). The van der Waals surface area contributed by atoms with E-state index in [1.54, 1.807) is 11.1 Å². The maximum Gasteiger partial charge on any atom is 0.160 e. The van der Waals surface area contributed by atoms with Crippen molar-refractivity contribution in [3.8, 4) is 67.2 Å². The Bertz CT molecular complexity index is 2770. The molecule has 0 atom stereocenters. The Balaban J connectivity index is 0.870. The molecule has 0 saturated heterocycles. The second-order valence-corrected chi connectivity index (χ2v) is 17.0. The van der Waals surface area contributed by atoms with Gasteiger partial charge < -0.3 is 0 Å². The van der Waals surface area contributed by atoms with Crippen molar-refractivity contribution in [1.29, 1.82) is 0 Å². The zero-order valence-electron chi connectivity index (χ0n) is 31.4. The lowest BCUT2D eigenvalue weighted by atomic mass is 9.43. The van der Waals surface area contributed by atoms with E-state index in [0.717, 1.165) is 62.8 Å². The van der Waals surface area contributed by atoms with Crippen LogP contribution >= 0.6 is 0 Å². The smallest absolute Gasteiger partial charge is 0.160 e. The van der Waals surface area contributed by atoms with E-state index in [2.05, 4.69) is 170 Å². The first-order valence-electron chi connectivity index (χ1n) is 20.6. The molecule has 8 aromatic rings. The first-order chi connectivity index (χ1) is 27.7. The molecule has 1 heterocycles. The lowest BCUT2D eigenvalue weighted by Crippen LogP contribution is -2.55. The topological polar surface area (TPSA) is 25.8 Å². The summed E-state index contributed by atoms with van der Waals surface area (Å²) in [7, 11) is 0. The normalized spacial score (nSPS) is 22.7. The number of benzene rings is 7. The lowest BCUT2D eigenvalue weighted by Gasteiger charge is -2.61. The number of rotatable bonds is 5. The van der Waals surface area contributed by atoms with Crippen LogP contribution in [0.25, 0.3) is 78.1 Å². The van der Waals surface area contributed by atoms with Crippen LogP contribution in [0.2, 0.25) is 0 Å². The molecule has 0 amide bonds. The molecule has 5 aliphatic rings. The van der Waals surface area contributed by atoms with Gasteiger partial charge in [-0.1, -0.05) is 152 Å². The Morgan fingerprint density at radius 3 is 1.66 bits per heavy atom. The molecule has 7 aromatic carbocycles. The largest absolute Gasteiger partial charge is 0.228 e. The predicted molar refractivity (Wildman–Crippen MR) is 230 cm³/mol. The summed E-state index contributed by atoms with van der Waals surface area (Å²) in [6.45, 7) is 0. The minimum atomic E-state index is 0.218. The summed E-state index contributed by atoms with van der Waals surface area (Å²) in [6.07, 6.45) is 7.16. The van der Waals surface area contributed by atoms with Gasteiger partial charge in [0.15, 0.2) is 5.82 Å². The Hall–Kier alpha value is -6.12. The minimum Gasteiger partial charge on any atom is -0.228 e. The average molecular weight is 719 g/mol. The van der Waals surface area contributed by atoms with Crippen LogP contribution in [0.5, 0.6) is 0 Å². The van der Waals surface area contributed by atoms with E-state index in [0.29, 0.717) is 0 Å². The molecule has 4 saturated carbocycles. The Kier molecular flexibility index (Phi) is 7.15. The molecule has 268 valence electrons. The SMILES string of the molecule is c1ccc(-c2ccc(-c3nc(-c4cccc(-c5ccc(-c6ccc7c(c6)-c6ccccc6C76C7CC8CC(C7)CC6C8)cc5)c4)nc4ccccc34)cc2)cc1. The Labute approximate surface area is 329 Å². The van der Waals surface area contributed by atoms with Gasteiger partial charge in [-0.2, -0.15) is 0 Å². The van der Waals surface area contributed by atoms with E-state index in [-0.39, 0.29) is 5.41 Å². The van der Waals surface area contributed by atoms with E-state index in [9.17, 15) is 0 Å². The number of aromatic nitrogens is 2. The second kappa shape index (κ2) is 12.4. The number of fused-ring (bicyclic) bond motifs is 4. The minimum absolute atomic E-state index is 0.218. The third-order valence-electron chi connectivity index (χ3n) is 14.1. The number of hydrogen-bond donors (Lipinski definition) is 0. The fourth-order valence-corrected chi connectivity index (χ4v) is 11.9. The average Bonchev–Trinajstić information content (AvgIpc) is 3.55. The highest BCUT2D eigenvalue weighted by atomic mass is 14.9. The molecule has 4 fully saturated rings. The summed E-state index contributed by atoms with van der Waals surface area (Å²) >= 11 is 0. The summed E-state index contributed by atoms with van der Waals surface area (Å²) in [5.74, 6) is 4.23. The zero-order chi connectivity index (χ0) is 36.8. The van der Waals surface area contributed by atoms with Gasteiger partial charge in [-0.3, -0.25) is 0 Å². The molecule has 4 bridgehead atoms. The third-order valence-corrected chi connectivity index (χ3v) is 14.1. The van der Waals surface area contributed by atoms with Crippen molar-refractivity contribution in [2.45, 2.75) is 37.5 Å². The molecule has 2 heteroatoms. The van der Waals surface area contributed by atoms with Crippen molar-refractivity contribution in [2.24, 2.45) is 23.7 Å². The van der Waals surface area contributed by atoms with Gasteiger partial charge in [0.1, 0.15) is 0 Å². The fraction of sp³-hybridized carbons (Fsp3) is 0.185. The number of para-hydroxylation sites is 1. The van der Waals surface area contributed by atoms with Crippen molar-refractivity contribution in [3.05, 3.63) is 181 Å². The van der Waals surface area contributed by atoms with Gasteiger partial charge in [-0.25, -0.2) is 9.97 Å². The van der Waals surface area contributed by atoms with Gasteiger partial charge in [-0.15, -0.1) is 0 Å². The fourth-order valence-electron chi connectivity index (χ4n) is 11.9. The molecule has 0 radical (unpaired) electrons. The third kappa shape index (κ3) is 4.88. The monoisotopic (exact) mass is 718 g/mol. The summed E-state index contributed by atoms with van der Waals surface area (Å²) < 4.78 is 0. The number of nitrogens with zero attached hydrogens (tertiary/aromatic N) is 2. The Morgan fingerprint density at radius 2 is 0.911 bits per heavy atom. The van der Waals surface area contributed by atoms with Crippen molar-refractivity contribution in [1.82, 2.24) is 9.97 Å². The first kappa shape index (κ1) is 32.2. The van der Waals surface area contributed by atoms with Crippen LogP contribution in [0.3, 0.4) is 0 Å². The maximum absolute atomic E-state index is 5.22. The van der Waals surface area contributed by atoms with E-state index in [1.165, 1.54) is 71.0 Å². The van der Waals surface area contributed by atoms with E-state index in [4.69, 9.17) is 9.97 Å². The quantitative estimate of drug-likeness (QED) is 0.177. The van der Waals surface area contributed by atoms with E-state index in [1.807, 2.05) is 0 Å². The molecule has 1 aromatic heterocycles. The summed E-state index contributed by atoms with van der Waals surface area (Å²) in [5.41, 5.74) is 17.7. The van der Waals surface area contributed by atoms with Gasteiger partial charge >= 0.3 is 0 Å². The van der Waals surface area contributed by atoms with Gasteiger partial charge in [0.05, 0.1) is 11.2 Å². The van der Waals surface area contributed by atoms with Crippen molar-refractivity contribution < 1.29 is 0 Å². The van der Waals surface area contributed by atoms with Crippen molar-refractivity contribution in [2.75, 3.05) is 0 Å². The molecular weight excluding hydrogens is 677 g/mol. The van der Waals surface area contributed by atoms with Crippen molar-refractivity contribution in [3.63, 3.8) is 0 Å². The molecule has 0 unspecified atom stereocenters. The highest BCUT2D eigenvalue weighted by Gasteiger charge is 2.61. The summed E-state index contributed by atoms with van der Waals surface area (Å²) in [5, 5.41) is 1.05. The van der Waals surface area contributed by atoms with Gasteiger partial charge in [0, 0.05) is 21.9 Å². The van der Waals surface area contributed by atoms with Crippen LogP contribution in [0.15, 0.2) is 170 Å². The first-order valence-corrected chi connectivity index (χ1v) is 20.6. The molecular formula is C54H42N2. The zero-order valence-corrected chi connectivity index (χ0v) is 31.4. The Morgan fingerprint density at radius 1 is 0.375 bits per heavy atom. The summed E-state index contributed by atoms with van der Waals surface area (Å²) in [6, 6.07) is 62.3. The molecule has 0 aliphatic heterocycles. The lowest BCUT2D eigenvalue weighted by molar-refractivity contribution is -0.0399. The number of hydrogen-bond acceptors (Lipinski definition) is 2. The van der Waals surface area contributed by atoms with Crippen LogP contribution in [0.1, 0.15) is 43.2 Å². The molecule has 2 nitrogen and oxygen atoms in total. The second-order valence-electron chi connectivity index (χ2n) is 17.0. The van der Waals surface area contributed by atoms with Gasteiger partial charge in [0.25, 0.3) is 0 Å². The van der Waals surface area contributed by atoms with Crippen LogP contribution < -0.4 is 0 Å². The molecule has 56 heavy (non-hydrogen) atoms. The van der Waals surface area contributed by atoms with Crippen LogP contribution in [-0.2, 0) is 5.41 Å². The van der Waals surface area contributed by atoms with Crippen LogP contribution in [0.4, 0.5) is 0 Å². The van der Waals surface area contributed by atoms with E-state index >= 15 is 0 Å². The van der Waals surface area contributed by atoms with E-state index < -0.39 is 0 Å². The molecule has 5 aliphatic carbocycles. The van der Waals surface area contributed by atoms with Gasteiger partial charge in [-0.05, 0) is 130 Å². The van der Waals surface area contributed by atoms with Crippen LogP contribution in [0, 0.1) is 23.7 Å². The highest BCUT2D eigenvalue weighted by Crippen LogP contribution is 2.69. The van der Waals surface area contributed by atoms with Crippen LogP contribution in [-0.4, -0.2) is 9.97 Å². The summed E-state index contributed by atoms with van der Waals surface area (Å²) in [4.78, 5) is 10.3. The standard InChI is InChI=1S/C54H42N2/c1-2-9-36(10-3-1)37-21-23-40(24-22-37)52-47-14-5-7-16-51(47)55-53(56-52)43-12-8-11-41(32-43)38-17-19-39(20-18-38)42-25-26-50-48(33-42)46-13-4-6-15-49(46)54(50)44-28-34-27-35(30-44)31-45(54)29-34/h1-26,32-35,44-45H,27-31H2. The van der Waals surface area contributed by atoms with Crippen molar-refractivity contribution >= 4 is 10.9 Å². The molecule has 1 spiro atoms. The van der Waals surface area contributed by atoms with Gasteiger partial charge in [0.2, 0.25) is 0 Å². The predicted octanol–water partition coefficient (Wildman–Crippen LogP) is 13.7.